The van der Waals surface area contributed by atoms with Gasteiger partial charge in [-0.05, 0) is 12.8 Å². The molecule has 0 saturated carbocycles. The van der Waals surface area contributed by atoms with E-state index in [0.29, 0.717) is 12.8 Å². The van der Waals surface area contributed by atoms with Crippen LogP contribution in [0.5, 0.6) is 0 Å². The molecule has 0 aliphatic rings. The van der Waals surface area contributed by atoms with Gasteiger partial charge in [0.2, 0.25) is 0 Å². The molecule has 12 heteroatoms. The van der Waals surface area contributed by atoms with Crippen LogP contribution in [0.2, 0.25) is 0 Å². The summed E-state index contributed by atoms with van der Waals surface area (Å²) in [4.78, 5) is 0. The van der Waals surface area contributed by atoms with Gasteiger partial charge in [-0.3, -0.25) is 9.11 Å². The molecule has 6 nitrogen and oxygen atoms in total. The summed E-state index contributed by atoms with van der Waals surface area (Å²) in [6, 6.07) is 0. The van der Waals surface area contributed by atoms with E-state index in [0.717, 1.165) is 0 Å². The van der Waals surface area contributed by atoms with Crippen LogP contribution in [0.1, 0.15) is 26.7 Å². The number of hydrogen-bond donors (Lipinski definition) is 2. The molecule has 0 heterocycles. The van der Waals surface area contributed by atoms with Crippen LogP contribution in [0.4, 0.5) is 0 Å². The Morgan fingerprint density at radius 2 is 1.05 bits per heavy atom. The molecule has 0 amide bonds. The summed E-state index contributed by atoms with van der Waals surface area (Å²) in [5.74, 6) is -0.553. The minimum absolute atomic E-state index is 0. The summed E-state index contributed by atoms with van der Waals surface area (Å²) >= 11 is 0. The normalized spacial score (nSPS) is 14.8. The van der Waals surface area contributed by atoms with Gasteiger partial charge in [-0.2, -0.15) is 16.8 Å². The molecule has 0 aliphatic heterocycles. The van der Waals surface area contributed by atoms with E-state index in [4.69, 9.17) is 9.11 Å². The third kappa shape index (κ3) is 20.5. The first-order valence-corrected chi connectivity index (χ1v) is 10.7. The van der Waals surface area contributed by atoms with E-state index in [1.165, 1.54) is 21.6 Å². The summed E-state index contributed by atoms with van der Waals surface area (Å²) in [6.07, 6.45) is 0.670. The Balaban J connectivity index is -0.00000144. The van der Waals surface area contributed by atoms with E-state index in [-0.39, 0.29) is 81.1 Å². The Labute approximate surface area is 173 Å². The average Bonchev–Trinajstić information content (AvgIpc) is 2.18. The molecule has 0 radical (unpaired) electrons. The van der Waals surface area contributed by atoms with Crippen molar-refractivity contribution in [1.82, 2.24) is 0 Å². The van der Waals surface area contributed by atoms with Crippen LogP contribution in [0.15, 0.2) is 0 Å². The molecule has 0 spiro atoms. The molecular formula is C8H20Na2O6S4. The van der Waals surface area contributed by atoms with E-state index in [1.807, 2.05) is 13.8 Å². The molecule has 2 unspecified atom stereocenters. The van der Waals surface area contributed by atoms with Gasteiger partial charge in [0.15, 0.2) is 0 Å². The van der Waals surface area contributed by atoms with Crippen molar-refractivity contribution in [2.75, 3.05) is 11.5 Å². The number of rotatable bonds is 9. The van der Waals surface area contributed by atoms with Crippen LogP contribution in [-0.2, 0) is 20.2 Å². The molecule has 2 N–H and O–H groups in total. The Morgan fingerprint density at radius 1 is 0.800 bits per heavy atom. The maximum atomic E-state index is 10.5. The van der Waals surface area contributed by atoms with Gasteiger partial charge >= 0.3 is 59.1 Å². The van der Waals surface area contributed by atoms with Gasteiger partial charge in [0, 0.05) is 10.5 Å². The van der Waals surface area contributed by atoms with Crippen molar-refractivity contribution in [3.05, 3.63) is 0 Å². The first kappa shape index (κ1) is 27.4. The predicted octanol–water partition coefficient (Wildman–Crippen LogP) is 0.404. The van der Waals surface area contributed by atoms with Gasteiger partial charge in [-0.15, -0.1) is 0 Å². The van der Waals surface area contributed by atoms with E-state index >= 15 is 0 Å². The molecule has 0 aromatic rings. The van der Waals surface area contributed by atoms with Crippen molar-refractivity contribution < 1.29 is 25.9 Å². The topological polar surface area (TPSA) is 109 Å². The van der Waals surface area contributed by atoms with Gasteiger partial charge < -0.3 is 0 Å². The van der Waals surface area contributed by atoms with Gasteiger partial charge in [0.25, 0.3) is 20.2 Å². The van der Waals surface area contributed by atoms with Crippen molar-refractivity contribution in [3.8, 4) is 0 Å². The van der Waals surface area contributed by atoms with Crippen molar-refractivity contribution in [2.24, 2.45) is 0 Å². The second-order valence-corrected chi connectivity index (χ2v) is 10.3. The van der Waals surface area contributed by atoms with E-state index < -0.39 is 20.2 Å². The maximum absolute atomic E-state index is 10.5. The molecular weight excluding hydrogens is 366 g/mol. The van der Waals surface area contributed by atoms with Gasteiger partial charge in [0.1, 0.15) is 0 Å². The number of hydrogen-bond acceptors (Lipinski definition) is 6. The molecule has 20 heavy (non-hydrogen) atoms. The Bertz CT molecular complexity index is 396. The molecule has 0 rings (SSSR count). The summed E-state index contributed by atoms with van der Waals surface area (Å²) in [5, 5.41) is 0.0650. The zero-order valence-electron chi connectivity index (χ0n) is 10.1. The molecule has 0 fully saturated rings. The Hall–Kier alpha value is 2.52. The quantitative estimate of drug-likeness (QED) is 0.333. The van der Waals surface area contributed by atoms with Crippen molar-refractivity contribution in [3.63, 3.8) is 0 Å². The minimum atomic E-state index is -3.92. The molecule has 0 bridgehead atoms. The van der Waals surface area contributed by atoms with Crippen LogP contribution >= 0.6 is 21.6 Å². The SMILES string of the molecule is CC(CCS(=O)(=O)O)SSC(C)CCS(=O)(=O)O.[NaH].[NaH]. The Morgan fingerprint density at radius 3 is 1.25 bits per heavy atom. The molecule has 114 valence electrons. The summed E-state index contributed by atoms with van der Waals surface area (Å²) in [5.41, 5.74) is 0. The monoisotopic (exact) mass is 386 g/mol. The summed E-state index contributed by atoms with van der Waals surface area (Å²) in [7, 11) is -4.96. The Kier molecular flexibility index (Phi) is 17.6. The van der Waals surface area contributed by atoms with E-state index in [9.17, 15) is 16.8 Å². The standard InChI is InChI=1S/C8H18O6S4.2Na.2H/c1-7(3-5-17(9,10)11)15-16-8(2)4-6-18(12,13)14;;;;/h7-8H,3-6H2,1-2H3,(H,9,10,11)(H,12,13,14);;;;. The predicted molar refractivity (Wildman–Crippen MR) is 90.5 cm³/mol. The molecule has 0 aliphatic carbocycles. The average molecular weight is 386 g/mol. The first-order valence-electron chi connectivity index (χ1n) is 5.22. The van der Waals surface area contributed by atoms with Crippen LogP contribution in [0.3, 0.4) is 0 Å². The van der Waals surface area contributed by atoms with Crippen molar-refractivity contribution in [1.29, 1.82) is 0 Å². The molecule has 2 atom stereocenters. The second kappa shape index (κ2) is 12.9. The van der Waals surface area contributed by atoms with Crippen LogP contribution in [-0.4, -0.2) is 107 Å². The molecule has 0 aromatic carbocycles. The van der Waals surface area contributed by atoms with Crippen LogP contribution in [0.25, 0.3) is 0 Å². The zero-order valence-corrected chi connectivity index (χ0v) is 13.4. The van der Waals surface area contributed by atoms with Crippen molar-refractivity contribution in [2.45, 2.75) is 37.2 Å². The zero-order chi connectivity index (χ0) is 14.4. The second-order valence-electron chi connectivity index (χ2n) is 3.96. The van der Waals surface area contributed by atoms with Gasteiger partial charge in [-0.25, -0.2) is 0 Å². The van der Waals surface area contributed by atoms with E-state index in [1.54, 1.807) is 0 Å². The fourth-order valence-corrected chi connectivity index (χ4v) is 5.04. The van der Waals surface area contributed by atoms with Gasteiger partial charge in [0.05, 0.1) is 11.5 Å². The van der Waals surface area contributed by atoms with Crippen LogP contribution in [0, 0.1) is 0 Å². The van der Waals surface area contributed by atoms with Crippen molar-refractivity contribution >= 4 is 101 Å². The third-order valence-electron chi connectivity index (χ3n) is 1.95. The third-order valence-corrected chi connectivity index (χ3v) is 7.00. The van der Waals surface area contributed by atoms with E-state index in [2.05, 4.69) is 0 Å². The summed E-state index contributed by atoms with van der Waals surface area (Å²) < 4.78 is 59.3. The first-order chi connectivity index (χ1) is 7.99. The van der Waals surface area contributed by atoms with Gasteiger partial charge in [-0.1, -0.05) is 35.4 Å². The fourth-order valence-electron chi connectivity index (χ4n) is 0.916. The summed E-state index contributed by atoms with van der Waals surface area (Å²) in [6.45, 7) is 3.66. The van der Waals surface area contributed by atoms with Crippen LogP contribution < -0.4 is 0 Å². The molecule has 0 aromatic heterocycles. The molecule has 0 saturated heterocycles. The fraction of sp³-hybridized carbons (Fsp3) is 1.00.